The molecule has 1 saturated heterocycles. The van der Waals surface area contributed by atoms with E-state index in [-0.39, 0.29) is 0 Å². The quantitative estimate of drug-likeness (QED) is 0.664. The Hall–Kier alpha value is -1.22. The topological polar surface area (TPSA) is 27.7 Å². The lowest BCUT2D eigenvalue weighted by atomic mass is 9.78. The molecule has 1 aromatic rings. The lowest BCUT2D eigenvalue weighted by Crippen LogP contribution is -2.23. The Kier molecular flexibility index (Phi) is 1.74. The molecule has 2 heterocycles. The van der Waals surface area contributed by atoms with Crippen molar-refractivity contribution < 1.29 is 14.2 Å². The van der Waals surface area contributed by atoms with Gasteiger partial charge in [0.1, 0.15) is 0 Å². The van der Waals surface area contributed by atoms with Crippen molar-refractivity contribution in [1.29, 1.82) is 0 Å². The molecular formula is C13H14O3. The summed E-state index contributed by atoms with van der Waals surface area (Å²) in [6, 6.07) is 4.32. The normalized spacial score (nSPS) is 30.0. The molecule has 0 spiro atoms. The Labute approximate surface area is 94.3 Å². The van der Waals surface area contributed by atoms with Gasteiger partial charge < -0.3 is 14.2 Å². The molecule has 4 rings (SSSR count). The summed E-state index contributed by atoms with van der Waals surface area (Å²) >= 11 is 0. The van der Waals surface area contributed by atoms with Gasteiger partial charge in [-0.2, -0.15) is 0 Å². The van der Waals surface area contributed by atoms with E-state index in [1.54, 1.807) is 0 Å². The second kappa shape index (κ2) is 3.14. The number of benzene rings is 1. The first kappa shape index (κ1) is 8.88. The minimum Gasteiger partial charge on any atom is -0.454 e. The van der Waals surface area contributed by atoms with E-state index in [0.29, 0.717) is 18.6 Å². The second-order valence-corrected chi connectivity index (χ2v) is 4.94. The van der Waals surface area contributed by atoms with Gasteiger partial charge in [-0.3, -0.25) is 0 Å². The molecule has 0 saturated carbocycles. The number of hydrogen-bond acceptors (Lipinski definition) is 3. The van der Waals surface area contributed by atoms with Crippen LogP contribution < -0.4 is 9.47 Å². The first-order valence-electron chi connectivity index (χ1n) is 5.89. The third-order valence-electron chi connectivity index (χ3n) is 3.99. The van der Waals surface area contributed by atoms with Crippen LogP contribution in [0.5, 0.6) is 11.5 Å². The maximum absolute atomic E-state index is 5.56. The van der Waals surface area contributed by atoms with Gasteiger partial charge in [0.15, 0.2) is 11.5 Å². The van der Waals surface area contributed by atoms with Crippen molar-refractivity contribution in [2.24, 2.45) is 11.8 Å². The summed E-state index contributed by atoms with van der Waals surface area (Å²) in [7, 11) is 0. The van der Waals surface area contributed by atoms with Gasteiger partial charge in [-0.05, 0) is 47.9 Å². The van der Waals surface area contributed by atoms with Crippen LogP contribution in [0.15, 0.2) is 12.1 Å². The molecule has 2 atom stereocenters. The van der Waals surface area contributed by atoms with Gasteiger partial charge in [0.2, 0.25) is 6.79 Å². The van der Waals surface area contributed by atoms with Crippen LogP contribution in [0, 0.1) is 11.8 Å². The number of rotatable bonds is 0. The smallest absolute Gasteiger partial charge is 0.231 e. The molecule has 16 heavy (non-hydrogen) atoms. The van der Waals surface area contributed by atoms with E-state index in [9.17, 15) is 0 Å². The van der Waals surface area contributed by atoms with Crippen LogP contribution in [-0.2, 0) is 17.6 Å². The van der Waals surface area contributed by atoms with Crippen LogP contribution in [0.4, 0.5) is 0 Å². The van der Waals surface area contributed by atoms with Crippen LogP contribution >= 0.6 is 0 Å². The van der Waals surface area contributed by atoms with Crippen molar-refractivity contribution in [3.8, 4) is 11.5 Å². The van der Waals surface area contributed by atoms with Gasteiger partial charge in [-0.25, -0.2) is 0 Å². The van der Waals surface area contributed by atoms with Crippen LogP contribution in [-0.4, -0.2) is 20.0 Å². The standard InChI is InChI=1S/C13H14O3/c1-8-3-12-13(16-7-15-12)4-9(8)2-11-6-14-5-10(1)11/h3-4,10-11H,1-2,5-7H2. The van der Waals surface area contributed by atoms with Gasteiger partial charge in [0.05, 0.1) is 13.2 Å². The largest absolute Gasteiger partial charge is 0.454 e. The van der Waals surface area contributed by atoms with Gasteiger partial charge in [0.25, 0.3) is 0 Å². The molecule has 1 aliphatic carbocycles. The van der Waals surface area contributed by atoms with E-state index in [4.69, 9.17) is 14.2 Å². The predicted molar refractivity (Wildman–Crippen MR) is 57.8 cm³/mol. The van der Waals surface area contributed by atoms with Gasteiger partial charge in [-0.1, -0.05) is 0 Å². The van der Waals surface area contributed by atoms with Gasteiger partial charge >= 0.3 is 0 Å². The lowest BCUT2D eigenvalue weighted by molar-refractivity contribution is 0.173. The van der Waals surface area contributed by atoms with E-state index in [0.717, 1.165) is 37.6 Å². The Morgan fingerprint density at radius 3 is 2.00 bits per heavy atom. The summed E-state index contributed by atoms with van der Waals surface area (Å²) in [5, 5.41) is 0. The van der Waals surface area contributed by atoms with Crippen molar-refractivity contribution in [3.05, 3.63) is 23.3 Å². The molecule has 0 amide bonds. The van der Waals surface area contributed by atoms with E-state index in [2.05, 4.69) is 12.1 Å². The fourth-order valence-electron chi connectivity index (χ4n) is 3.07. The molecular weight excluding hydrogens is 204 g/mol. The fourth-order valence-corrected chi connectivity index (χ4v) is 3.07. The molecule has 3 aliphatic rings. The molecule has 0 bridgehead atoms. The minimum absolute atomic E-state index is 0.369. The van der Waals surface area contributed by atoms with Crippen LogP contribution in [0.2, 0.25) is 0 Å². The highest BCUT2D eigenvalue weighted by atomic mass is 16.7. The summed E-state index contributed by atoms with van der Waals surface area (Å²) in [4.78, 5) is 0. The van der Waals surface area contributed by atoms with Gasteiger partial charge in [0, 0.05) is 0 Å². The summed E-state index contributed by atoms with van der Waals surface area (Å²) in [6.45, 7) is 2.23. The van der Waals surface area contributed by atoms with Crippen molar-refractivity contribution in [2.75, 3.05) is 20.0 Å². The predicted octanol–water partition coefficient (Wildman–Crippen LogP) is 1.78. The fraction of sp³-hybridized carbons (Fsp3) is 0.538. The second-order valence-electron chi connectivity index (χ2n) is 4.94. The molecule has 84 valence electrons. The average Bonchev–Trinajstić information content (AvgIpc) is 2.89. The molecule has 2 aliphatic heterocycles. The number of fused-ring (bicyclic) bond motifs is 3. The van der Waals surface area contributed by atoms with Crippen LogP contribution in [0.3, 0.4) is 0 Å². The molecule has 0 aromatic heterocycles. The SMILES string of the molecule is c1c2c(cc3c1OCO3)CC1COCC1C2. The maximum atomic E-state index is 5.56. The highest BCUT2D eigenvalue weighted by Crippen LogP contribution is 2.41. The minimum atomic E-state index is 0.369. The van der Waals surface area contributed by atoms with E-state index >= 15 is 0 Å². The Morgan fingerprint density at radius 1 is 0.875 bits per heavy atom. The first-order chi connectivity index (χ1) is 7.90. The van der Waals surface area contributed by atoms with Crippen molar-refractivity contribution in [3.63, 3.8) is 0 Å². The Balaban J connectivity index is 1.76. The van der Waals surface area contributed by atoms with E-state index in [1.807, 2.05) is 0 Å². The Bertz CT molecular complexity index is 402. The monoisotopic (exact) mass is 218 g/mol. The number of hydrogen-bond donors (Lipinski definition) is 0. The average molecular weight is 218 g/mol. The molecule has 0 N–H and O–H groups in total. The number of ether oxygens (including phenoxy) is 3. The zero-order chi connectivity index (χ0) is 10.5. The molecule has 3 heteroatoms. The summed E-state index contributed by atoms with van der Waals surface area (Å²) in [6.07, 6.45) is 2.27. The van der Waals surface area contributed by atoms with Crippen LogP contribution in [0.25, 0.3) is 0 Å². The van der Waals surface area contributed by atoms with E-state index < -0.39 is 0 Å². The third-order valence-corrected chi connectivity index (χ3v) is 3.99. The zero-order valence-corrected chi connectivity index (χ0v) is 9.07. The lowest BCUT2D eigenvalue weighted by Gasteiger charge is -2.26. The molecule has 1 fully saturated rings. The van der Waals surface area contributed by atoms with Crippen molar-refractivity contribution >= 4 is 0 Å². The molecule has 3 nitrogen and oxygen atoms in total. The highest BCUT2D eigenvalue weighted by molar-refractivity contribution is 5.49. The third kappa shape index (κ3) is 1.18. The summed E-state index contributed by atoms with van der Waals surface area (Å²) in [5.41, 5.74) is 2.85. The first-order valence-corrected chi connectivity index (χ1v) is 5.89. The van der Waals surface area contributed by atoms with E-state index in [1.165, 1.54) is 11.1 Å². The van der Waals surface area contributed by atoms with Crippen molar-refractivity contribution in [1.82, 2.24) is 0 Å². The molecule has 0 radical (unpaired) electrons. The van der Waals surface area contributed by atoms with Gasteiger partial charge in [-0.15, -0.1) is 0 Å². The highest BCUT2D eigenvalue weighted by Gasteiger charge is 2.34. The summed E-state index contributed by atoms with van der Waals surface area (Å²) < 4.78 is 16.4. The Morgan fingerprint density at radius 2 is 1.44 bits per heavy atom. The summed E-state index contributed by atoms with van der Waals surface area (Å²) in [5.74, 6) is 3.26. The van der Waals surface area contributed by atoms with Crippen LogP contribution in [0.1, 0.15) is 11.1 Å². The molecule has 2 unspecified atom stereocenters. The maximum Gasteiger partial charge on any atom is 0.231 e. The molecule has 1 aromatic carbocycles. The zero-order valence-electron chi connectivity index (χ0n) is 9.07. The van der Waals surface area contributed by atoms with Crippen molar-refractivity contribution in [2.45, 2.75) is 12.8 Å².